The number of ketones is 4. The molecule has 137 heavy (non-hydrogen) atoms. The molecule has 9 aromatic carbocycles. The first kappa shape index (κ1) is 108. The molecule has 0 aromatic heterocycles. The van der Waals surface area contributed by atoms with Gasteiger partial charge in [0.1, 0.15) is 30.2 Å². The smallest absolute Gasteiger partial charge is 0.357 e. The average molecular weight is 1890 g/mol. The molecule has 0 saturated heterocycles. The Bertz CT molecular complexity index is 5340. The molecule has 0 spiro atoms. The van der Waals surface area contributed by atoms with Gasteiger partial charge in [0.25, 0.3) is 11.6 Å². The van der Waals surface area contributed by atoms with Gasteiger partial charge in [0.15, 0.2) is 17.3 Å². The van der Waals surface area contributed by atoms with E-state index in [2.05, 4.69) is 54.7 Å². The number of nitro benzene ring substituents is 1. The number of Topliss-reactive ketones (excluding diaryl/α,β-unsaturated/α-hetero) is 4. The molecular formula is C108H130N10O18S. The normalized spacial score (nSPS) is 13.8. The Morgan fingerprint density at radius 1 is 0.460 bits per heavy atom. The van der Waals surface area contributed by atoms with Crippen LogP contribution in [0.5, 0.6) is 0 Å². The monoisotopic (exact) mass is 1890 g/mol. The standard InChI is InChI=1S/C108H130N10O18S/c1-8-74(4)95(119)36-25-58-132-59-60-133-72-99(123)111-93(63-82-47-43-79(44-48-82)41-39-77-26-15-10-16-27-77)97(121)67-90(71-134-69-84-32-21-13-22-33-84)105(126)114-101(76(6)135-70-85-34-23-14-24-35-85)98(122)66-89(68-110-108(129)116-115-106(127)92(109)57-61-137-7)104(125)112-94(64-83-49-45-80(46-50-83)42-40-78-28-17-11-18-29-78)96(120)65-88(62-81-30-19-12-20-31-81)103(124)113-100(75(5)9-2)107(128)136-117-102(86-51-37-73(3)38-52-86)87-53-55-91(56-54-87)118(130)131/h10-24,26-35,37-38,43-56,74-76,88-90,92-94,100-101H,8-9,25,36,39-42,57-72,109H2,1-7H3,(H,111,123)(H,112,125)(H,113,124)(H,114,126)(H,115,127)(H2,110,116,129)/b117-102-/t74-,75?,76?,88+,89-,90-,92+,93-,94-,100-,101-/m0/s1. The van der Waals surface area contributed by atoms with Crippen molar-refractivity contribution < 1.29 is 81.4 Å². The first-order valence-electron chi connectivity index (χ1n) is 46.9. The van der Waals surface area contributed by atoms with Gasteiger partial charge in [0, 0.05) is 73.9 Å². The van der Waals surface area contributed by atoms with Crippen molar-refractivity contribution in [3.63, 3.8) is 0 Å². The second kappa shape index (κ2) is 58.4. The van der Waals surface area contributed by atoms with Gasteiger partial charge in [0.05, 0.1) is 74.0 Å². The molecule has 0 bridgehead atoms. The minimum atomic E-state index is -1.66. The first-order chi connectivity index (χ1) is 66.2. The molecule has 0 aliphatic heterocycles. The van der Waals surface area contributed by atoms with Crippen LogP contribution in [0.2, 0.25) is 0 Å². The molecule has 0 heterocycles. The Balaban J connectivity index is 1.05. The van der Waals surface area contributed by atoms with Gasteiger partial charge >= 0.3 is 12.0 Å². The molecule has 9 aromatic rings. The molecule has 0 aliphatic rings. The molecule has 29 heteroatoms. The highest BCUT2D eigenvalue weighted by Crippen LogP contribution is 2.26. The minimum Gasteiger partial charge on any atom is -0.379 e. The lowest BCUT2D eigenvalue weighted by Crippen LogP contribution is -2.55. The fraction of sp³-hybridized carbons (Fsp3) is 0.389. The molecule has 0 radical (unpaired) electrons. The van der Waals surface area contributed by atoms with Crippen LogP contribution in [0.15, 0.2) is 254 Å². The number of carbonyl (C=O) groups is 11. The van der Waals surface area contributed by atoms with E-state index in [0.717, 1.165) is 52.6 Å². The molecule has 11 atom stereocenters. The number of aryl methyl sites for hydroxylation is 5. The van der Waals surface area contributed by atoms with E-state index in [9.17, 15) is 34.1 Å². The summed E-state index contributed by atoms with van der Waals surface area (Å²) >= 11 is 1.46. The Morgan fingerprint density at radius 3 is 1.45 bits per heavy atom. The van der Waals surface area contributed by atoms with E-state index in [-0.39, 0.29) is 75.2 Å². The number of nitrogens with one attached hydrogen (secondary N) is 7. The van der Waals surface area contributed by atoms with Crippen LogP contribution in [0, 0.1) is 46.6 Å². The van der Waals surface area contributed by atoms with Gasteiger partial charge in [-0.05, 0) is 158 Å². The number of oxime groups is 1. The van der Waals surface area contributed by atoms with Crippen LogP contribution in [0.4, 0.5) is 10.5 Å². The van der Waals surface area contributed by atoms with Crippen molar-refractivity contribution in [3.8, 4) is 0 Å². The third-order valence-corrected chi connectivity index (χ3v) is 24.7. The highest BCUT2D eigenvalue weighted by atomic mass is 32.2. The number of rotatable bonds is 60. The van der Waals surface area contributed by atoms with Crippen molar-refractivity contribution in [1.82, 2.24) is 37.4 Å². The molecule has 9 N–H and O–H groups in total. The summed E-state index contributed by atoms with van der Waals surface area (Å²) in [7, 11) is 0. The second-order valence-corrected chi connectivity index (χ2v) is 35.6. The van der Waals surface area contributed by atoms with E-state index in [1.165, 1.54) is 36.0 Å². The van der Waals surface area contributed by atoms with Gasteiger partial charge in [-0.15, -0.1) is 0 Å². The summed E-state index contributed by atoms with van der Waals surface area (Å²) in [5.41, 5.74) is 20.1. The number of ether oxygens (including phenoxy) is 4. The van der Waals surface area contributed by atoms with Crippen LogP contribution in [-0.2, 0) is 130 Å². The van der Waals surface area contributed by atoms with E-state index in [0.29, 0.717) is 77.8 Å². The molecule has 0 saturated carbocycles. The summed E-state index contributed by atoms with van der Waals surface area (Å²) < 4.78 is 24.3. The zero-order chi connectivity index (χ0) is 98.2. The number of hydrogen-bond donors (Lipinski definition) is 8. The van der Waals surface area contributed by atoms with Crippen molar-refractivity contribution in [2.24, 2.45) is 40.5 Å². The molecule has 0 fully saturated rings. The summed E-state index contributed by atoms with van der Waals surface area (Å²) in [4.78, 5) is 180. The average Bonchev–Trinajstić information content (AvgIpc) is 0.871. The SMILES string of the molecule is CCC(C)[C@H](NC(=O)[C@@H](CC(=O)[C@H](Cc1ccc(CCc2ccccc2)cc1)NC(=O)[C@H](CNC(=O)NNC(=O)[C@H](N)CCSC)CC(=O)[C@@H](NC(=O)[C@H](COCc1ccccc1)CC(=O)[C@H](Cc1ccc(CCc2ccccc2)cc1)NC(=O)COCCOCCCC(=O)[C@@H](C)CC)C(C)OCc1ccccc1)Cc1ccccc1)C(=O)O/N=C(/c1ccc(C)cc1)c1ccc([N+](=O)[O-])cc1. The van der Waals surface area contributed by atoms with E-state index in [1.54, 1.807) is 80.6 Å². The summed E-state index contributed by atoms with van der Waals surface area (Å²) in [5, 5.41) is 30.3. The van der Waals surface area contributed by atoms with Gasteiger partial charge in [0.2, 0.25) is 23.6 Å². The maximum Gasteiger partial charge on any atom is 0.357 e. The number of hydrazine groups is 1. The van der Waals surface area contributed by atoms with Crippen molar-refractivity contribution in [2.75, 3.05) is 51.6 Å². The van der Waals surface area contributed by atoms with Crippen LogP contribution >= 0.6 is 11.8 Å². The first-order valence-corrected chi connectivity index (χ1v) is 48.3. The fourth-order valence-electron chi connectivity index (χ4n) is 15.2. The molecule has 7 amide bonds. The number of carbonyl (C=O) groups excluding carboxylic acids is 11. The number of urea groups is 1. The predicted octanol–water partition coefficient (Wildman–Crippen LogP) is 13.9. The summed E-state index contributed by atoms with van der Waals surface area (Å²) in [6.45, 7) is 9.68. The number of nitrogens with zero attached hydrogens (tertiary/aromatic N) is 2. The molecule has 9 rings (SSSR count). The topological polar surface area (TPSA) is 400 Å². The minimum absolute atomic E-state index is 0.0138. The van der Waals surface area contributed by atoms with Crippen molar-refractivity contribution >= 4 is 87.8 Å². The Kier molecular flexibility index (Phi) is 45.9. The van der Waals surface area contributed by atoms with E-state index in [4.69, 9.17) is 29.5 Å². The number of benzene rings is 9. The van der Waals surface area contributed by atoms with Crippen molar-refractivity contribution in [2.45, 2.75) is 187 Å². The number of thioether (sulfide) groups is 1. The van der Waals surface area contributed by atoms with Crippen molar-refractivity contribution in [1.29, 1.82) is 0 Å². The van der Waals surface area contributed by atoms with E-state index in [1.807, 2.05) is 180 Å². The molecule has 726 valence electrons. The third-order valence-electron chi connectivity index (χ3n) is 24.1. The lowest BCUT2D eigenvalue weighted by Gasteiger charge is -2.29. The molecule has 0 aliphatic carbocycles. The lowest BCUT2D eigenvalue weighted by atomic mass is 9.88. The van der Waals surface area contributed by atoms with Gasteiger partial charge in [-0.2, -0.15) is 11.8 Å². The van der Waals surface area contributed by atoms with Gasteiger partial charge in [-0.1, -0.05) is 269 Å². The highest BCUT2D eigenvalue weighted by molar-refractivity contribution is 7.98. The van der Waals surface area contributed by atoms with Crippen LogP contribution in [-0.4, -0.2) is 163 Å². The number of hydrogen-bond acceptors (Lipinski definition) is 21. The van der Waals surface area contributed by atoms with E-state index < -0.39 is 163 Å². The third kappa shape index (κ3) is 37.9. The van der Waals surface area contributed by atoms with Crippen LogP contribution in [0.3, 0.4) is 0 Å². The number of non-ortho nitro benzene ring substituents is 1. The largest absolute Gasteiger partial charge is 0.379 e. The zero-order valence-corrected chi connectivity index (χ0v) is 80.0. The predicted molar refractivity (Wildman–Crippen MR) is 528 cm³/mol. The van der Waals surface area contributed by atoms with Gasteiger partial charge in [-0.25, -0.2) is 15.0 Å². The molecular weight excluding hydrogens is 1760 g/mol. The van der Waals surface area contributed by atoms with Crippen LogP contribution < -0.4 is 43.2 Å². The fourth-order valence-corrected chi connectivity index (χ4v) is 15.7. The number of nitrogens with two attached hydrogens (primary N) is 1. The number of amides is 7. The molecule has 2 unspecified atom stereocenters. The highest BCUT2D eigenvalue weighted by Gasteiger charge is 2.39. The quantitative estimate of drug-likeness (QED) is 0.00577. The lowest BCUT2D eigenvalue weighted by molar-refractivity contribution is -0.384. The zero-order valence-electron chi connectivity index (χ0n) is 79.2. The maximum absolute atomic E-state index is 16.0. The summed E-state index contributed by atoms with van der Waals surface area (Å²) in [5.74, 6) is -11.2. The van der Waals surface area contributed by atoms with Crippen molar-refractivity contribution in [3.05, 3.63) is 326 Å². The Morgan fingerprint density at radius 2 is 0.920 bits per heavy atom. The second-order valence-electron chi connectivity index (χ2n) is 34.6. The summed E-state index contributed by atoms with van der Waals surface area (Å²) in [6.07, 6.45) is 3.57. The Labute approximate surface area is 807 Å². The molecule has 28 nitrogen and oxygen atoms in total. The number of nitro groups is 1. The van der Waals surface area contributed by atoms with Crippen LogP contribution in [0.25, 0.3) is 0 Å². The van der Waals surface area contributed by atoms with E-state index >= 15 is 28.8 Å². The summed E-state index contributed by atoms with van der Waals surface area (Å²) in [6, 6.07) is 67.0. The van der Waals surface area contributed by atoms with Crippen LogP contribution in [0.1, 0.15) is 153 Å². The Hall–Kier alpha value is -13.0. The van der Waals surface area contributed by atoms with Gasteiger partial charge < -0.3 is 56.1 Å². The maximum atomic E-state index is 16.0. The van der Waals surface area contributed by atoms with Gasteiger partial charge in [-0.3, -0.25) is 58.7 Å².